The molecule has 0 aromatic heterocycles. The fraction of sp³-hybridized carbons (Fsp3) is 0.579. The van der Waals surface area contributed by atoms with E-state index >= 15 is 0 Å². The third-order valence-corrected chi connectivity index (χ3v) is 4.79. The average molecular weight is 362 g/mol. The van der Waals surface area contributed by atoms with E-state index in [1.807, 2.05) is 0 Å². The van der Waals surface area contributed by atoms with Crippen LogP contribution in [0.1, 0.15) is 18.4 Å². The van der Waals surface area contributed by atoms with Gasteiger partial charge in [-0.1, -0.05) is 12.1 Å². The van der Waals surface area contributed by atoms with Gasteiger partial charge in [0.15, 0.2) is 0 Å². The fourth-order valence-electron chi connectivity index (χ4n) is 3.07. The van der Waals surface area contributed by atoms with Gasteiger partial charge in [-0.3, -0.25) is 19.4 Å². The Morgan fingerprint density at radius 3 is 2.12 bits per heavy atom. The van der Waals surface area contributed by atoms with Gasteiger partial charge in [0.2, 0.25) is 11.8 Å². The number of carbonyl (C=O) groups excluding carboxylic acids is 2. The molecule has 6 nitrogen and oxygen atoms in total. The SMILES string of the molecule is O=C(CN1CCN(CC(=O)NC2CC2)CC1)NCCc1ccc(F)cc1. The number of hydrogen-bond acceptors (Lipinski definition) is 4. The van der Waals surface area contributed by atoms with E-state index in [1.54, 1.807) is 12.1 Å². The number of benzene rings is 1. The van der Waals surface area contributed by atoms with Crippen molar-refractivity contribution in [3.8, 4) is 0 Å². The quantitative estimate of drug-likeness (QED) is 0.702. The predicted octanol–water partition coefficient (Wildman–Crippen LogP) is 0.381. The molecule has 1 aromatic carbocycles. The predicted molar refractivity (Wildman–Crippen MR) is 97.2 cm³/mol. The summed E-state index contributed by atoms with van der Waals surface area (Å²) in [5.74, 6) is -0.131. The summed E-state index contributed by atoms with van der Waals surface area (Å²) in [6, 6.07) is 6.74. The molecule has 2 N–H and O–H groups in total. The average Bonchev–Trinajstić information content (AvgIpc) is 3.42. The molecular weight excluding hydrogens is 335 g/mol. The van der Waals surface area contributed by atoms with E-state index in [1.165, 1.54) is 12.1 Å². The first kappa shape index (κ1) is 18.8. The van der Waals surface area contributed by atoms with Crippen molar-refractivity contribution in [2.45, 2.75) is 25.3 Å². The maximum Gasteiger partial charge on any atom is 0.234 e. The minimum atomic E-state index is -0.248. The lowest BCUT2D eigenvalue weighted by Crippen LogP contribution is -2.51. The van der Waals surface area contributed by atoms with E-state index in [9.17, 15) is 14.0 Å². The lowest BCUT2D eigenvalue weighted by Gasteiger charge is -2.33. The molecule has 0 unspecified atom stereocenters. The van der Waals surface area contributed by atoms with E-state index in [4.69, 9.17) is 0 Å². The number of amides is 2. The smallest absolute Gasteiger partial charge is 0.234 e. The molecule has 3 rings (SSSR count). The zero-order chi connectivity index (χ0) is 18.4. The highest BCUT2D eigenvalue weighted by molar-refractivity contribution is 5.79. The van der Waals surface area contributed by atoms with E-state index < -0.39 is 0 Å². The number of piperazine rings is 1. The number of halogens is 1. The van der Waals surface area contributed by atoms with Crippen molar-refractivity contribution in [3.05, 3.63) is 35.6 Å². The van der Waals surface area contributed by atoms with Gasteiger partial charge in [-0.05, 0) is 37.0 Å². The van der Waals surface area contributed by atoms with Crippen molar-refractivity contribution in [2.24, 2.45) is 0 Å². The monoisotopic (exact) mass is 362 g/mol. The van der Waals surface area contributed by atoms with Crippen LogP contribution in [0.4, 0.5) is 4.39 Å². The molecule has 7 heteroatoms. The minimum Gasteiger partial charge on any atom is -0.355 e. The lowest BCUT2D eigenvalue weighted by molar-refractivity contribution is -0.125. The maximum absolute atomic E-state index is 12.9. The van der Waals surface area contributed by atoms with E-state index in [0.717, 1.165) is 44.6 Å². The molecule has 1 saturated heterocycles. The van der Waals surface area contributed by atoms with Gasteiger partial charge in [-0.25, -0.2) is 4.39 Å². The lowest BCUT2D eigenvalue weighted by atomic mass is 10.1. The summed E-state index contributed by atoms with van der Waals surface area (Å²) < 4.78 is 12.9. The summed E-state index contributed by atoms with van der Waals surface area (Å²) in [6.07, 6.45) is 2.90. The summed E-state index contributed by atoms with van der Waals surface area (Å²) in [5.41, 5.74) is 1.00. The first-order chi connectivity index (χ1) is 12.6. The maximum atomic E-state index is 12.9. The Hall–Kier alpha value is -1.99. The van der Waals surface area contributed by atoms with Gasteiger partial charge < -0.3 is 10.6 Å². The van der Waals surface area contributed by atoms with Gasteiger partial charge in [0, 0.05) is 38.8 Å². The summed E-state index contributed by atoms with van der Waals surface area (Å²) in [7, 11) is 0. The second kappa shape index (κ2) is 9.09. The Labute approximate surface area is 153 Å². The van der Waals surface area contributed by atoms with Gasteiger partial charge in [0.25, 0.3) is 0 Å². The molecule has 142 valence electrons. The summed E-state index contributed by atoms with van der Waals surface area (Å²) in [4.78, 5) is 28.1. The van der Waals surface area contributed by atoms with E-state index in [2.05, 4.69) is 20.4 Å². The van der Waals surface area contributed by atoms with Gasteiger partial charge in [0.05, 0.1) is 13.1 Å². The van der Waals surface area contributed by atoms with Crippen LogP contribution in [0.3, 0.4) is 0 Å². The minimum absolute atomic E-state index is 0.00652. The summed E-state index contributed by atoms with van der Waals surface area (Å²) in [5, 5.41) is 5.92. The number of rotatable bonds is 8. The van der Waals surface area contributed by atoms with Crippen LogP contribution in [0.15, 0.2) is 24.3 Å². The second-order valence-electron chi connectivity index (χ2n) is 7.12. The van der Waals surface area contributed by atoms with Crippen LogP contribution in [0.5, 0.6) is 0 Å². The Bertz CT molecular complexity index is 610. The molecule has 0 atom stereocenters. The normalized spacial score (nSPS) is 18.5. The molecule has 0 bridgehead atoms. The second-order valence-corrected chi connectivity index (χ2v) is 7.12. The third kappa shape index (κ3) is 6.38. The molecule has 1 aromatic rings. The highest BCUT2D eigenvalue weighted by atomic mass is 19.1. The molecular formula is C19H27FN4O2. The van der Waals surface area contributed by atoms with Crippen molar-refractivity contribution in [1.82, 2.24) is 20.4 Å². The van der Waals surface area contributed by atoms with Gasteiger partial charge in [-0.15, -0.1) is 0 Å². The Morgan fingerprint density at radius 2 is 1.54 bits per heavy atom. The zero-order valence-electron chi connectivity index (χ0n) is 15.0. The molecule has 2 aliphatic rings. The molecule has 0 spiro atoms. The molecule has 2 fully saturated rings. The Balaban J connectivity index is 1.28. The molecule has 26 heavy (non-hydrogen) atoms. The summed E-state index contributed by atoms with van der Waals surface area (Å²) >= 11 is 0. The first-order valence-electron chi connectivity index (χ1n) is 9.34. The number of hydrogen-bond donors (Lipinski definition) is 2. The Kier molecular flexibility index (Phi) is 6.57. The van der Waals surface area contributed by atoms with E-state index in [-0.39, 0.29) is 17.6 Å². The van der Waals surface area contributed by atoms with Crippen LogP contribution in [-0.4, -0.2) is 73.5 Å². The topological polar surface area (TPSA) is 64.7 Å². The van der Waals surface area contributed by atoms with Crippen molar-refractivity contribution in [3.63, 3.8) is 0 Å². The standard InChI is InChI=1S/C19H27FN4O2/c20-16-3-1-15(2-4-16)7-8-21-18(25)13-23-9-11-24(12-10-23)14-19(26)22-17-5-6-17/h1-4,17H,5-14H2,(H,21,25)(H,22,26). The summed E-state index contributed by atoms with van der Waals surface area (Å²) in [6.45, 7) is 4.58. The van der Waals surface area contributed by atoms with E-state index in [0.29, 0.717) is 32.1 Å². The highest BCUT2D eigenvalue weighted by Gasteiger charge is 2.25. The molecule has 1 aliphatic heterocycles. The number of nitrogens with zero attached hydrogens (tertiary/aromatic N) is 2. The molecule has 1 heterocycles. The van der Waals surface area contributed by atoms with Crippen LogP contribution in [0, 0.1) is 5.82 Å². The van der Waals surface area contributed by atoms with Crippen molar-refractivity contribution in [2.75, 3.05) is 45.8 Å². The largest absolute Gasteiger partial charge is 0.355 e. The van der Waals surface area contributed by atoms with Crippen LogP contribution in [-0.2, 0) is 16.0 Å². The number of nitrogens with one attached hydrogen (secondary N) is 2. The molecule has 1 saturated carbocycles. The molecule has 1 aliphatic carbocycles. The molecule has 0 radical (unpaired) electrons. The van der Waals surface area contributed by atoms with Crippen molar-refractivity contribution in [1.29, 1.82) is 0 Å². The third-order valence-electron chi connectivity index (χ3n) is 4.79. The van der Waals surface area contributed by atoms with Crippen LogP contribution >= 0.6 is 0 Å². The Morgan fingerprint density at radius 1 is 0.962 bits per heavy atom. The fourth-order valence-corrected chi connectivity index (χ4v) is 3.07. The number of carbonyl (C=O) groups is 2. The first-order valence-corrected chi connectivity index (χ1v) is 9.34. The van der Waals surface area contributed by atoms with Gasteiger partial charge in [-0.2, -0.15) is 0 Å². The van der Waals surface area contributed by atoms with Crippen molar-refractivity contribution >= 4 is 11.8 Å². The van der Waals surface area contributed by atoms with Crippen LogP contribution < -0.4 is 10.6 Å². The van der Waals surface area contributed by atoms with Crippen LogP contribution in [0.2, 0.25) is 0 Å². The highest BCUT2D eigenvalue weighted by Crippen LogP contribution is 2.18. The zero-order valence-corrected chi connectivity index (χ0v) is 15.0. The molecule has 2 amide bonds. The van der Waals surface area contributed by atoms with Gasteiger partial charge in [0.1, 0.15) is 5.82 Å². The van der Waals surface area contributed by atoms with Crippen molar-refractivity contribution < 1.29 is 14.0 Å². The van der Waals surface area contributed by atoms with Gasteiger partial charge >= 0.3 is 0 Å². The van der Waals surface area contributed by atoms with Crippen LogP contribution in [0.25, 0.3) is 0 Å².